The number of nitrogens with zero attached hydrogens (tertiary/aromatic N) is 8. The lowest BCUT2D eigenvalue weighted by Crippen LogP contribution is -2.41. The summed E-state index contributed by atoms with van der Waals surface area (Å²) in [6.45, 7) is 32.6. The summed E-state index contributed by atoms with van der Waals surface area (Å²) in [5.74, 6) is -0.926. The molecule has 74 heavy (non-hydrogen) atoms. The van der Waals surface area contributed by atoms with E-state index in [2.05, 4.69) is 88.6 Å². The van der Waals surface area contributed by atoms with E-state index in [1.54, 1.807) is 45.8 Å². The molecule has 6 rings (SSSR count). The summed E-state index contributed by atoms with van der Waals surface area (Å²) in [5, 5.41) is 15.1. The van der Waals surface area contributed by atoms with Crippen LogP contribution in [0.15, 0.2) is 36.4 Å². The minimum absolute atomic E-state index is 0.0422. The Morgan fingerprint density at radius 2 is 0.932 bits per heavy atom. The highest BCUT2D eigenvalue weighted by molar-refractivity contribution is 6.74. The number of nitrogens with two attached hydrogens (primary N) is 2. The standard InChI is InChI=1S/C52H78N12O8Si2/c1-15-63-39(27-33(3)59-63)47(67)57-49-55-37-29-35(45(53)65)31-41(69-23-19-25-71-73(11,12)51(5,6)7)43(37)61(49)21-17-18-22-62-44-38(56-50(62)58-48(68)40-28-34(4)60-64(40)16-2)30-36(46(54)66)32-42(44)70-24-20-26-72-74(13,14)52(8,9)10/h27-32H,15-26H2,1-14H3,(H2,53,65)(H2,54,66)(H,55,57,67)(H,56,58,68). The minimum Gasteiger partial charge on any atom is -0.491 e. The summed E-state index contributed by atoms with van der Waals surface area (Å²) in [4.78, 5) is 63.2. The van der Waals surface area contributed by atoms with E-state index in [9.17, 15) is 19.2 Å². The number of amides is 4. The zero-order valence-electron chi connectivity index (χ0n) is 45.9. The number of fused-ring (bicyclic) bond motifs is 2. The molecule has 0 saturated heterocycles. The lowest BCUT2D eigenvalue weighted by molar-refractivity contribution is 0.0991. The topological polar surface area (TPSA) is 253 Å². The van der Waals surface area contributed by atoms with Crippen LogP contribution in [-0.4, -0.2) is 105 Å². The third-order valence-corrected chi connectivity index (χ3v) is 23.2. The van der Waals surface area contributed by atoms with Crippen LogP contribution in [-0.2, 0) is 35.0 Å². The molecule has 2 aromatic carbocycles. The molecule has 6 N–H and O–H groups in total. The molecule has 0 fully saturated rings. The molecule has 22 heteroatoms. The number of imidazole rings is 2. The summed E-state index contributed by atoms with van der Waals surface area (Å²) in [6, 6.07) is 9.84. The van der Waals surface area contributed by atoms with Crippen LogP contribution in [0.4, 0.5) is 11.9 Å². The van der Waals surface area contributed by atoms with E-state index in [1.165, 1.54) is 0 Å². The number of nitrogens with one attached hydrogen (secondary N) is 2. The first kappa shape index (κ1) is 56.9. The lowest BCUT2D eigenvalue weighted by Gasteiger charge is -2.36. The molecule has 0 spiro atoms. The van der Waals surface area contributed by atoms with Gasteiger partial charge in [-0.05, 0) is 113 Å². The maximum absolute atomic E-state index is 14.0. The van der Waals surface area contributed by atoms with Crippen molar-refractivity contribution >= 4 is 74.2 Å². The van der Waals surface area contributed by atoms with Crippen molar-refractivity contribution in [2.45, 2.75) is 157 Å². The maximum Gasteiger partial charge on any atom is 0.276 e. The zero-order valence-corrected chi connectivity index (χ0v) is 47.9. The van der Waals surface area contributed by atoms with Gasteiger partial charge in [-0.2, -0.15) is 10.2 Å². The molecular formula is C52H78N12O8Si2. The Morgan fingerprint density at radius 1 is 0.568 bits per heavy atom. The fourth-order valence-corrected chi connectivity index (χ4v) is 10.1. The number of primary amides is 2. The van der Waals surface area contributed by atoms with Gasteiger partial charge in [0, 0.05) is 63.4 Å². The summed E-state index contributed by atoms with van der Waals surface area (Å²) in [5.41, 5.74) is 16.1. The molecule has 20 nitrogen and oxygen atoms in total. The first-order chi connectivity index (χ1) is 34.7. The molecule has 6 aromatic rings. The van der Waals surface area contributed by atoms with Gasteiger partial charge < -0.3 is 38.9 Å². The van der Waals surface area contributed by atoms with E-state index >= 15 is 0 Å². The van der Waals surface area contributed by atoms with Crippen LogP contribution in [0.3, 0.4) is 0 Å². The molecule has 0 radical (unpaired) electrons. The van der Waals surface area contributed by atoms with E-state index in [4.69, 9.17) is 39.8 Å². The molecule has 0 aliphatic rings. The Balaban J connectivity index is 1.36. The highest BCUT2D eigenvalue weighted by Gasteiger charge is 2.38. The van der Waals surface area contributed by atoms with Gasteiger partial charge in [-0.3, -0.25) is 39.2 Å². The zero-order chi connectivity index (χ0) is 54.5. The number of aryl methyl sites for hydroxylation is 6. The van der Waals surface area contributed by atoms with Crippen LogP contribution in [0.5, 0.6) is 11.5 Å². The number of ether oxygens (including phenoxy) is 2. The highest BCUT2D eigenvalue weighted by Crippen LogP contribution is 2.38. The van der Waals surface area contributed by atoms with Crippen molar-refractivity contribution in [2.24, 2.45) is 11.5 Å². The molecule has 0 aliphatic carbocycles. The molecule has 0 aliphatic heterocycles. The maximum atomic E-state index is 14.0. The summed E-state index contributed by atoms with van der Waals surface area (Å²) in [6.07, 6.45) is 2.19. The fourth-order valence-electron chi connectivity index (χ4n) is 7.97. The number of anilines is 2. The highest BCUT2D eigenvalue weighted by atomic mass is 28.4. The van der Waals surface area contributed by atoms with E-state index < -0.39 is 40.3 Å². The number of carbonyl (C=O) groups excluding carboxylic acids is 4. The van der Waals surface area contributed by atoms with E-state index in [0.29, 0.717) is 121 Å². The van der Waals surface area contributed by atoms with Gasteiger partial charge in [-0.1, -0.05) is 41.5 Å². The first-order valence-corrected chi connectivity index (χ1v) is 31.4. The second kappa shape index (κ2) is 23.0. The second-order valence-corrected chi connectivity index (χ2v) is 31.4. The Labute approximate surface area is 436 Å². The smallest absolute Gasteiger partial charge is 0.276 e. The Hall–Kier alpha value is -6.37. The molecule has 0 bridgehead atoms. The molecule has 0 atom stereocenters. The molecular weight excluding hydrogens is 977 g/mol. The van der Waals surface area contributed by atoms with Crippen molar-refractivity contribution in [2.75, 3.05) is 37.1 Å². The van der Waals surface area contributed by atoms with Crippen molar-refractivity contribution in [3.05, 3.63) is 70.3 Å². The van der Waals surface area contributed by atoms with Gasteiger partial charge in [-0.25, -0.2) is 9.97 Å². The van der Waals surface area contributed by atoms with Crippen LogP contribution in [0.1, 0.15) is 134 Å². The van der Waals surface area contributed by atoms with Crippen LogP contribution < -0.4 is 31.6 Å². The molecule has 402 valence electrons. The quantitative estimate of drug-likeness (QED) is 0.0309. The predicted molar refractivity (Wildman–Crippen MR) is 293 cm³/mol. The van der Waals surface area contributed by atoms with E-state index in [0.717, 1.165) is 0 Å². The number of hydrogen-bond acceptors (Lipinski definition) is 12. The first-order valence-electron chi connectivity index (χ1n) is 25.6. The number of carbonyl (C=O) groups is 4. The third-order valence-electron chi connectivity index (χ3n) is 14.1. The van der Waals surface area contributed by atoms with Gasteiger partial charge in [0.25, 0.3) is 11.8 Å². The van der Waals surface area contributed by atoms with Gasteiger partial charge in [-0.15, -0.1) is 0 Å². The van der Waals surface area contributed by atoms with Gasteiger partial charge >= 0.3 is 0 Å². The average molecular weight is 1060 g/mol. The normalized spacial score (nSPS) is 12.5. The fraction of sp³-hybridized carbons (Fsp3) is 0.538. The molecule has 0 unspecified atom stereocenters. The van der Waals surface area contributed by atoms with Crippen LogP contribution in [0.2, 0.25) is 36.3 Å². The average Bonchev–Trinajstić information content (AvgIpc) is 4.08. The van der Waals surface area contributed by atoms with Gasteiger partial charge in [0.2, 0.25) is 23.7 Å². The summed E-state index contributed by atoms with van der Waals surface area (Å²) in [7, 11) is -4.02. The minimum atomic E-state index is -2.01. The van der Waals surface area contributed by atoms with Gasteiger partial charge in [0.05, 0.1) is 35.6 Å². The Kier molecular flexibility index (Phi) is 17.7. The van der Waals surface area contributed by atoms with Gasteiger partial charge in [0.1, 0.15) is 33.9 Å². The number of unbranched alkanes of at least 4 members (excludes halogenated alkanes) is 1. The molecule has 0 saturated carbocycles. The van der Waals surface area contributed by atoms with Crippen LogP contribution in [0.25, 0.3) is 22.1 Å². The monoisotopic (exact) mass is 1050 g/mol. The largest absolute Gasteiger partial charge is 0.491 e. The van der Waals surface area contributed by atoms with Crippen molar-refractivity contribution in [1.82, 2.24) is 38.7 Å². The summed E-state index contributed by atoms with van der Waals surface area (Å²) >= 11 is 0. The van der Waals surface area contributed by atoms with Gasteiger partial charge in [0.15, 0.2) is 16.6 Å². The van der Waals surface area contributed by atoms with Crippen LogP contribution in [0, 0.1) is 13.8 Å². The van der Waals surface area contributed by atoms with E-state index in [1.807, 2.05) is 36.8 Å². The molecule has 4 aromatic heterocycles. The Bertz CT molecular complexity index is 2810. The number of benzene rings is 2. The molecule has 4 amide bonds. The van der Waals surface area contributed by atoms with E-state index in [-0.39, 0.29) is 46.3 Å². The predicted octanol–water partition coefficient (Wildman–Crippen LogP) is 9.20. The van der Waals surface area contributed by atoms with Crippen molar-refractivity contribution in [1.29, 1.82) is 0 Å². The molecule has 4 heterocycles. The lowest BCUT2D eigenvalue weighted by atomic mass is 10.1. The van der Waals surface area contributed by atoms with Crippen molar-refractivity contribution < 1.29 is 37.5 Å². The van der Waals surface area contributed by atoms with Crippen molar-refractivity contribution in [3.63, 3.8) is 0 Å². The Morgan fingerprint density at radius 3 is 1.26 bits per heavy atom. The summed E-state index contributed by atoms with van der Waals surface area (Å²) < 4.78 is 32.8. The SMILES string of the molecule is CCn1nc(C)cc1C(=O)Nc1nc2cc(C(N)=O)cc(OCCCO[Si](C)(C)C(C)(C)C)c2n1CCCCn1c(NC(=O)c2cc(C)nn2CC)nc2cc(C(N)=O)cc(OCCCO[Si](C)(C)C(C)(C)C)c21. The second-order valence-electron chi connectivity index (χ2n) is 21.8. The van der Waals surface area contributed by atoms with Crippen molar-refractivity contribution in [3.8, 4) is 11.5 Å². The number of aromatic nitrogens is 8. The third kappa shape index (κ3) is 13.1. The number of rotatable bonds is 25. The number of hydrogen-bond donors (Lipinski definition) is 4. The van der Waals surface area contributed by atoms with Crippen LogP contribution >= 0.6 is 0 Å².